The van der Waals surface area contributed by atoms with Crippen LogP contribution in [0.15, 0.2) is 48.5 Å². The van der Waals surface area contributed by atoms with E-state index in [2.05, 4.69) is 16.0 Å². The molecule has 9 nitrogen and oxygen atoms in total. The summed E-state index contributed by atoms with van der Waals surface area (Å²) in [4.78, 5) is 35.9. The summed E-state index contributed by atoms with van der Waals surface area (Å²) in [6.07, 6.45) is 2.98. The topological polar surface area (TPSA) is 134 Å². The van der Waals surface area contributed by atoms with Gasteiger partial charge in [-0.1, -0.05) is 30.3 Å². The Morgan fingerprint density at radius 1 is 1.26 bits per heavy atom. The highest BCUT2D eigenvalue weighted by Gasteiger charge is 2.23. The van der Waals surface area contributed by atoms with Crippen molar-refractivity contribution in [2.75, 3.05) is 17.9 Å². The number of carboxylic acid groups (broad SMARTS) is 1. The monoisotopic (exact) mass is 505 g/mol. The summed E-state index contributed by atoms with van der Waals surface area (Å²) in [5, 5.41) is 17.8. The zero-order valence-corrected chi connectivity index (χ0v) is 20.2. The molecule has 1 saturated heterocycles. The molecule has 1 unspecified atom stereocenters. The molecule has 1 aliphatic rings. The Hall–Kier alpha value is -2.89. The zero-order valence-electron chi connectivity index (χ0n) is 18.6. The Bertz CT molecular complexity index is 1050. The van der Waals surface area contributed by atoms with Gasteiger partial charge in [0.2, 0.25) is 17.0 Å². The molecule has 34 heavy (non-hydrogen) atoms. The third-order valence-corrected chi connectivity index (χ3v) is 6.59. The first-order valence-electron chi connectivity index (χ1n) is 10.7. The molecule has 0 radical (unpaired) electrons. The van der Waals surface area contributed by atoms with E-state index >= 15 is 0 Å². The summed E-state index contributed by atoms with van der Waals surface area (Å²) < 4.78 is 17.9. The number of carbonyl (C=O) groups is 3. The van der Waals surface area contributed by atoms with Crippen LogP contribution in [0.4, 0.5) is 0 Å². The summed E-state index contributed by atoms with van der Waals surface area (Å²) in [6.45, 7) is 0. The molecule has 0 saturated carbocycles. The molecule has 0 aliphatic carbocycles. The number of hydrogen-bond donors (Lipinski definition) is 4. The molecule has 0 spiro atoms. The minimum atomic E-state index is -1.72. The smallest absolute Gasteiger partial charge is 0.326 e. The molecule has 1 heterocycles. The van der Waals surface area contributed by atoms with Crippen LogP contribution in [-0.2, 0) is 20.7 Å². The van der Waals surface area contributed by atoms with Crippen LogP contribution in [0.1, 0.15) is 29.6 Å². The second-order valence-electron chi connectivity index (χ2n) is 7.61. The first-order chi connectivity index (χ1) is 16.4. The predicted octanol–water partition coefficient (Wildman–Crippen LogP) is 2.12. The van der Waals surface area contributed by atoms with Gasteiger partial charge < -0.3 is 19.9 Å². The lowest BCUT2D eigenvalue weighted by atomic mass is 9.98. The standard InChI is InChI=1S/C23H27N3O6S2/c1-33-12-11-19(23(29)30)25-22(28)17-8-7-16(13-18(17)15-5-3-2-4-6-15)32-34(31)14-24-20-9-10-21(27)26-20/h2-8,13,19-20,24H,9-12,14H2,1H3,(H,25,28)(H,26,27)(H,29,30)/t19-,20+,34?/m0/s1. The van der Waals surface area contributed by atoms with Gasteiger partial charge >= 0.3 is 5.97 Å². The van der Waals surface area contributed by atoms with Crippen LogP contribution in [0.5, 0.6) is 5.75 Å². The Morgan fingerprint density at radius 2 is 2.03 bits per heavy atom. The largest absolute Gasteiger partial charge is 0.480 e. The number of hydrogen-bond acceptors (Lipinski definition) is 7. The van der Waals surface area contributed by atoms with E-state index in [-0.39, 0.29) is 23.5 Å². The maximum atomic E-state index is 13.0. The SMILES string of the molecule is CSCC[C@H](NC(=O)c1ccc(OS(=O)CN[C@H]2CCC(=O)N2)cc1-c1ccccc1)C(=O)O. The molecule has 1 fully saturated rings. The summed E-state index contributed by atoms with van der Waals surface area (Å²) in [6, 6.07) is 12.8. The third-order valence-electron chi connectivity index (χ3n) is 5.17. The number of nitrogens with one attached hydrogen (secondary N) is 3. The van der Waals surface area contributed by atoms with E-state index in [1.165, 1.54) is 23.9 Å². The van der Waals surface area contributed by atoms with Crippen LogP contribution in [0.3, 0.4) is 0 Å². The molecular weight excluding hydrogens is 478 g/mol. The van der Waals surface area contributed by atoms with Crippen molar-refractivity contribution < 1.29 is 27.9 Å². The van der Waals surface area contributed by atoms with Crippen molar-refractivity contribution in [2.24, 2.45) is 0 Å². The molecule has 3 rings (SSSR count). The van der Waals surface area contributed by atoms with Gasteiger partial charge in [0.15, 0.2) is 0 Å². The Morgan fingerprint density at radius 3 is 2.68 bits per heavy atom. The molecule has 2 aromatic rings. The second kappa shape index (κ2) is 12.5. The highest BCUT2D eigenvalue weighted by Crippen LogP contribution is 2.29. The van der Waals surface area contributed by atoms with E-state index in [9.17, 15) is 23.7 Å². The summed E-state index contributed by atoms with van der Waals surface area (Å²) in [5.41, 5.74) is 1.54. The maximum absolute atomic E-state index is 13.0. The van der Waals surface area contributed by atoms with Crippen molar-refractivity contribution in [1.29, 1.82) is 0 Å². The minimum Gasteiger partial charge on any atom is -0.480 e. The van der Waals surface area contributed by atoms with Gasteiger partial charge in [0.1, 0.15) is 17.7 Å². The van der Waals surface area contributed by atoms with Crippen LogP contribution in [-0.4, -0.2) is 57.2 Å². The lowest BCUT2D eigenvalue weighted by Gasteiger charge is -2.17. The van der Waals surface area contributed by atoms with E-state index in [0.717, 1.165) is 5.56 Å². The first-order valence-corrected chi connectivity index (χ1v) is 13.3. The van der Waals surface area contributed by atoms with E-state index < -0.39 is 29.0 Å². The van der Waals surface area contributed by atoms with Crippen molar-refractivity contribution in [3.8, 4) is 16.9 Å². The molecule has 182 valence electrons. The average Bonchev–Trinajstić information content (AvgIpc) is 3.25. The van der Waals surface area contributed by atoms with Crippen molar-refractivity contribution in [3.05, 3.63) is 54.1 Å². The van der Waals surface area contributed by atoms with E-state index in [4.69, 9.17) is 4.18 Å². The zero-order chi connectivity index (χ0) is 24.5. The first kappa shape index (κ1) is 25.7. The quantitative estimate of drug-likeness (QED) is 0.345. The van der Waals surface area contributed by atoms with Gasteiger partial charge in [0.05, 0.1) is 6.17 Å². The van der Waals surface area contributed by atoms with Crippen molar-refractivity contribution in [2.45, 2.75) is 31.5 Å². The lowest BCUT2D eigenvalue weighted by Crippen LogP contribution is -2.41. The van der Waals surface area contributed by atoms with Gasteiger partial charge in [0.25, 0.3) is 5.91 Å². The number of carbonyl (C=O) groups excluding carboxylic acids is 2. The second-order valence-corrected chi connectivity index (χ2v) is 9.66. The molecule has 1 aliphatic heterocycles. The molecule has 0 aromatic heterocycles. The Balaban J connectivity index is 1.76. The lowest BCUT2D eigenvalue weighted by molar-refractivity contribution is -0.139. The molecule has 3 atom stereocenters. The normalized spacial score (nSPS) is 17.0. The number of benzene rings is 2. The molecule has 4 N–H and O–H groups in total. The van der Waals surface area contributed by atoms with Gasteiger partial charge in [-0.05, 0) is 54.2 Å². The summed E-state index contributed by atoms with van der Waals surface area (Å²) in [5.74, 6) is -0.750. The third kappa shape index (κ3) is 7.31. The van der Waals surface area contributed by atoms with Gasteiger partial charge in [-0.15, -0.1) is 0 Å². The van der Waals surface area contributed by atoms with Gasteiger partial charge in [-0.3, -0.25) is 14.9 Å². The van der Waals surface area contributed by atoms with Crippen molar-refractivity contribution >= 4 is 40.6 Å². The van der Waals surface area contributed by atoms with E-state index in [0.29, 0.717) is 36.3 Å². The van der Waals surface area contributed by atoms with Crippen LogP contribution >= 0.6 is 11.8 Å². The average molecular weight is 506 g/mol. The molecule has 11 heteroatoms. The van der Waals surface area contributed by atoms with Crippen molar-refractivity contribution in [1.82, 2.24) is 16.0 Å². The van der Waals surface area contributed by atoms with E-state index in [1.807, 2.05) is 36.6 Å². The number of amides is 2. The maximum Gasteiger partial charge on any atom is 0.326 e. The van der Waals surface area contributed by atoms with Gasteiger partial charge in [-0.25, -0.2) is 9.00 Å². The summed E-state index contributed by atoms with van der Waals surface area (Å²) >= 11 is -0.218. The van der Waals surface area contributed by atoms with Crippen molar-refractivity contribution in [3.63, 3.8) is 0 Å². The Kier molecular flexibility index (Phi) is 9.49. The van der Waals surface area contributed by atoms with Gasteiger partial charge in [0, 0.05) is 12.0 Å². The molecular formula is C23H27N3O6S2. The molecule has 0 bridgehead atoms. The van der Waals surface area contributed by atoms with E-state index in [1.54, 1.807) is 6.07 Å². The number of aliphatic carboxylic acids is 1. The fourth-order valence-corrected chi connectivity index (χ4v) is 4.62. The number of thioether (sulfide) groups is 1. The van der Waals surface area contributed by atoms with Crippen LogP contribution in [0, 0.1) is 0 Å². The molecule has 2 amide bonds. The van der Waals surface area contributed by atoms with Crippen LogP contribution in [0.25, 0.3) is 11.1 Å². The minimum absolute atomic E-state index is 0.0174. The number of rotatable bonds is 12. The fourth-order valence-electron chi connectivity index (χ4n) is 3.43. The van der Waals surface area contributed by atoms with Crippen LogP contribution in [0.2, 0.25) is 0 Å². The highest BCUT2D eigenvalue weighted by molar-refractivity contribution is 7.98. The Labute approximate surface area is 204 Å². The number of carboxylic acids is 1. The molecule has 2 aromatic carbocycles. The summed E-state index contributed by atoms with van der Waals surface area (Å²) in [7, 11) is 0. The van der Waals surface area contributed by atoms with Crippen LogP contribution < -0.4 is 20.1 Å². The fraction of sp³-hybridized carbons (Fsp3) is 0.348. The predicted molar refractivity (Wildman–Crippen MR) is 132 cm³/mol. The van der Waals surface area contributed by atoms with Gasteiger partial charge in [-0.2, -0.15) is 11.8 Å². The highest BCUT2D eigenvalue weighted by atomic mass is 32.2.